The topological polar surface area (TPSA) is 130 Å². The first-order valence-electron chi connectivity index (χ1n) is 8.04. The number of hydrogen-bond donors (Lipinski definition) is 3. The summed E-state index contributed by atoms with van der Waals surface area (Å²) < 4.78 is 54.6. The standard InChI is InChI=1S/C15H22N2O6S2/c1-2-3-6-12(15(18)19)17-25(22,23)14-8-5-4-7-13(14)24(20,21)16-11-9-10-11/h4-5,7-8,11-12,16-17H,2-3,6,9-10H2,1H3,(H,18,19). The second-order valence-electron chi connectivity index (χ2n) is 6.00. The minimum absolute atomic E-state index is 0.125. The SMILES string of the molecule is CCCCC(NS(=O)(=O)c1ccccc1S(=O)(=O)NC1CC1)C(=O)O. The predicted octanol–water partition coefficient (Wildman–Crippen LogP) is 1.05. The van der Waals surface area contributed by atoms with Crippen molar-refractivity contribution in [2.24, 2.45) is 0 Å². The summed E-state index contributed by atoms with van der Waals surface area (Å²) in [5.74, 6) is -1.30. The first kappa shape index (κ1) is 19.8. The molecule has 2 rings (SSSR count). The number of carboxylic acids is 1. The van der Waals surface area contributed by atoms with Crippen molar-refractivity contribution in [2.75, 3.05) is 0 Å². The number of sulfonamides is 2. The fourth-order valence-corrected chi connectivity index (χ4v) is 5.63. The molecular formula is C15H22N2O6S2. The average molecular weight is 390 g/mol. The maximum atomic E-state index is 12.6. The van der Waals surface area contributed by atoms with Crippen molar-refractivity contribution in [1.29, 1.82) is 0 Å². The van der Waals surface area contributed by atoms with Gasteiger partial charge in [0.15, 0.2) is 0 Å². The van der Waals surface area contributed by atoms with Gasteiger partial charge < -0.3 is 5.11 Å². The van der Waals surface area contributed by atoms with E-state index < -0.39 is 37.0 Å². The molecule has 1 aromatic rings. The number of hydrogen-bond acceptors (Lipinski definition) is 5. The minimum atomic E-state index is -4.31. The Hall–Kier alpha value is -1.49. The molecule has 0 aliphatic heterocycles. The van der Waals surface area contributed by atoms with E-state index in [0.29, 0.717) is 25.7 Å². The van der Waals surface area contributed by atoms with Crippen LogP contribution in [0.15, 0.2) is 34.1 Å². The van der Waals surface area contributed by atoms with Gasteiger partial charge in [0.05, 0.1) is 0 Å². The molecule has 1 unspecified atom stereocenters. The molecule has 8 nitrogen and oxygen atoms in total. The van der Waals surface area contributed by atoms with E-state index in [4.69, 9.17) is 0 Å². The van der Waals surface area contributed by atoms with E-state index in [1.807, 2.05) is 6.92 Å². The van der Waals surface area contributed by atoms with Crippen molar-refractivity contribution in [1.82, 2.24) is 9.44 Å². The van der Waals surface area contributed by atoms with E-state index in [-0.39, 0.29) is 17.4 Å². The van der Waals surface area contributed by atoms with E-state index in [9.17, 15) is 26.7 Å². The van der Waals surface area contributed by atoms with Crippen LogP contribution in [0.2, 0.25) is 0 Å². The lowest BCUT2D eigenvalue weighted by atomic mass is 10.1. The molecule has 140 valence electrons. The Balaban J connectivity index is 2.34. The lowest BCUT2D eigenvalue weighted by Gasteiger charge is -2.16. The predicted molar refractivity (Wildman–Crippen MR) is 91.1 cm³/mol. The van der Waals surface area contributed by atoms with Gasteiger partial charge in [-0.3, -0.25) is 4.79 Å². The molecule has 0 spiro atoms. The quantitative estimate of drug-likeness (QED) is 0.547. The van der Waals surface area contributed by atoms with Crippen molar-refractivity contribution in [3.05, 3.63) is 24.3 Å². The van der Waals surface area contributed by atoms with E-state index in [0.717, 1.165) is 6.07 Å². The van der Waals surface area contributed by atoms with Gasteiger partial charge in [-0.2, -0.15) is 4.72 Å². The number of carbonyl (C=O) groups is 1. The van der Waals surface area contributed by atoms with Gasteiger partial charge in [0, 0.05) is 6.04 Å². The highest BCUT2D eigenvalue weighted by molar-refractivity contribution is 7.92. The van der Waals surface area contributed by atoms with Crippen molar-refractivity contribution in [2.45, 2.75) is 60.9 Å². The molecule has 0 aromatic heterocycles. The summed E-state index contributed by atoms with van der Waals surface area (Å²) in [7, 11) is -8.31. The molecule has 1 saturated carbocycles. The third-order valence-corrected chi connectivity index (χ3v) is 7.01. The fourth-order valence-electron chi connectivity index (χ4n) is 2.27. The van der Waals surface area contributed by atoms with Crippen molar-refractivity contribution >= 4 is 26.0 Å². The molecule has 0 bridgehead atoms. The summed E-state index contributed by atoms with van der Waals surface area (Å²) >= 11 is 0. The van der Waals surface area contributed by atoms with Gasteiger partial charge in [0.1, 0.15) is 15.8 Å². The molecule has 1 atom stereocenters. The monoisotopic (exact) mass is 390 g/mol. The molecule has 0 radical (unpaired) electrons. The highest BCUT2D eigenvalue weighted by atomic mass is 32.2. The van der Waals surface area contributed by atoms with E-state index in [1.54, 1.807) is 0 Å². The third-order valence-electron chi connectivity index (χ3n) is 3.77. The third kappa shape index (κ3) is 5.24. The summed E-state index contributed by atoms with van der Waals surface area (Å²) in [5, 5.41) is 9.21. The number of nitrogens with one attached hydrogen (secondary N) is 2. The second-order valence-corrected chi connectivity index (χ2v) is 9.36. The van der Waals surface area contributed by atoms with Gasteiger partial charge >= 0.3 is 5.97 Å². The van der Waals surface area contributed by atoms with Crippen LogP contribution >= 0.6 is 0 Å². The van der Waals surface area contributed by atoms with Crippen molar-refractivity contribution in [3.8, 4) is 0 Å². The van der Waals surface area contributed by atoms with Crippen LogP contribution in [-0.4, -0.2) is 40.0 Å². The first-order valence-corrected chi connectivity index (χ1v) is 11.0. The number of aliphatic carboxylic acids is 1. The Labute approximate surface area is 147 Å². The zero-order valence-corrected chi connectivity index (χ0v) is 15.4. The Morgan fingerprint density at radius 1 is 1.16 bits per heavy atom. The maximum Gasteiger partial charge on any atom is 0.321 e. The second kappa shape index (κ2) is 7.81. The largest absolute Gasteiger partial charge is 0.480 e. The summed E-state index contributed by atoms with van der Waals surface area (Å²) in [6.07, 6.45) is 2.79. The summed E-state index contributed by atoms with van der Waals surface area (Å²) in [4.78, 5) is 10.5. The Kier molecular flexibility index (Phi) is 6.20. The maximum absolute atomic E-state index is 12.6. The molecule has 10 heteroatoms. The molecule has 0 saturated heterocycles. The van der Waals surface area contributed by atoms with Gasteiger partial charge in [0.2, 0.25) is 20.0 Å². The van der Waals surface area contributed by atoms with Gasteiger partial charge in [-0.05, 0) is 31.4 Å². The Morgan fingerprint density at radius 3 is 2.20 bits per heavy atom. The Bertz CT molecular complexity index is 831. The average Bonchev–Trinajstić information content (AvgIpc) is 3.34. The van der Waals surface area contributed by atoms with Crippen LogP contribution in [0.5, 0.6) is 0 Å². The smallest absolute Gasteiger partial charge is 0.321 e. The molecular weight excluding hydrogens is 368 g/mol. The first-order chi connectivity index (χ1) is 11.7. The molecule has 1 aliphatic carbocycles. The van der Waals surface area contributed by atoms with Crippen LogP contribution in [0.1, 0.15) is 39.0 Å². The normalized spacial score (nSPS) is 16.5. The van der Waals surface area contributed by atoms with E-state index >= 15 is 0 Å². The molecule has 0 heterocycles. The van der Waals surface area contributed by atoms with Gasteiger partial charge in [-0.25, -0.2) is 21.6 Å². The molecule has 1 aromatic carbocycles. The zero-order chi connectivity index (χ0) is 18.7. The van der Waals surface area contributed by atoms with Crippen LogP contribution in [0.25, 0.3) is 0 Å². The lowest BCUT2D eigenvalue weighted by molar-refractivity contribution is -0.139. The molecule has 1 fully saturated rings. The van der Waals surface area contributed by atoms with Gasteiger partial charge in [0.25, 0.3) is 0 Å². The lowest BCUT2D eigenvalue weighted by Crippen LogP contribution is -2.41. The summed E-state index contributed by atoms with van der Waals surface area (Å²) in [6, 6.07) is 3.68. The van der Waals surface area contributed by atoms with Crippen molar-refractivity contribution < 1.29 is 26.7 Å². The highest BCUT2D eigenvalue weighted by Crippen LogP contribution is 2.26. The number of unbranched alkanes of at least 4 members (excludes halogenated alkanes) is 1. The molecule has 0 amide bonds. The minimum Gasteiger partial charge on any atom is -0.480 e. The van der Waals surface area contributed by atoms with Gasteiger partial charge in [-0.1, -0.05) is 31.9 Å². The van der Waals surface area contributed by atoms with Crippen LogP contribution in [0.4, 0.5) is 0 Å². The number of benzene rings is 1. The van der Waals surface area contributed by atoms with Crippen LogP contribution in [0, 0.1) is 0 Å². The highest BCUT2D eigenvalue weighted by Gasteiger charge is 2.33. The van der Waals surface area contributed by atoms with Crippen LogP contribution in [0.3, 0.4) is 0 Å². The number of carboxylic acid groups (broad SMARTS) is 1. The molecule has 3 N–H and O–H groups in total. The summed E-state index contributed by atoms with van der Waals surface area (Å²) in [5.41, 5.74) is 0. The zero-order valence-electron chi connectivity index (χ0n) is 13.8. The van der Waals surface area contributed by atoms with Gasteiger partial charge in [-0.15, -0.1) is 0 Å². The van der Waals surface area contributed by atoms with Crippen LogP contribution < -0.4 is 9.44 Å². The van der Waals surface area contributed by atoms with E-state index in [2.05, 4.69) is 9.44 Å². The van der Waals surface area contributed by atoms with Crippen LogP contribution in [-0.2, 0) is 24.8 Å². The molecule has 1 aliphatic rings. The number of rotatable bonds is 10. The van der Waals surface area contributed by atoms with E-state index in [1.165, 1.54) is 18.2 Å². The van der Waals surface area contributed by atoms with Crippen molar-refractivity contribution in [3.63, 3.8) is 0 Å². The fraction of sp³-hybridized carbons (Fsp3) is 0.533. The Morgan fingerprint density at radius 2 is 1.72 bits per heavy atom. The molecule has 25 heavy (non-hydrogen) atoms. The summed E-state index contributed by atoms with van der Waals surface area (Å²) in [6.45, 7) is 1.86.